The molecule has 26 heavy (non-hydrogen) atoms. The fraction of sp³-hybridized carbons (Fsp3) is 0.500. The summed E-state index contributed by atoms with van der Waals surface area (Å²) in [7, 11) is 1.69. The monoisotopic (exact) mass is 357 g/mol. The molecular weight excluding hydrogens is 330 g/mol. The number of methoxy groups -OCH3 is 1. The number of ether oxygens (including phenoxy) is 2. The van der Waals surface area contributed by atoms with Gasteiger partial charge in [0, 0.05) is 45.4 Å². The van der Waals surface area contributed by atoms with Crippen LogP contribution in [0.3, 0.4) is 0 Å². The molecule has 1 amide bonds. The molecule has 0 unspecified atom stereocenters. The first-order valence-corrected chi connectivity index (χ1v) is 9.12. The Morgan fingerprint density at radius 3 is 2.88 bits per heavy atom. The highest BCUT2D eigenvalue weighted by Crippen LogP contribution is 2.32. The molecule has 1 aromatic carbocycles. The van der Waals surface area contributed by atoms with E-state index in [9.17, 15) is 4.79 Å². The first-order chi connectivity index (χ1) is 12.7. The summed E-state index contributed by atoms with van der Waals surface area (Å²) in [4.78, 5) is 16.1. The Balaban J connectivity index is 1.75. The van der Waals surface area contributed by atoms with Crippen molar-refractivity contribution < 1.29 is 14.3 Å². The van der Waals surface area contributed by atoms with Gasteiger partial charge in [-0.3, -0.25) is 4.79 Å². The minimum absolute atomic E-state index is 0.00293. The maximum Gasteiger partial charge on any atom is 0.217 e. The SMILES string of the molecule is COCCn1ccnc1[C@@H]1C[C@H](NC(C)=O)C[C@H](Cc2ccccc2)O1. The average Bonchev–Trinajstić information content (AvgIpc) is 3.08. The molecule has 1 saturated heterocycles. The van der Waals surface area contributed by atoms with Crippen molar-refractivity contribution in [1.29, 1.82) is 0 Å². The Hall–Kier alpha value is -2.18. The number of benzene rings is 1. The van der Waals surface area contributed by atoms with Gasteiger partial charge in [0.25, 0.3) is 0 Å². The smallest absolute Gasteiger partial charge is 0.217 e. The molecule has 2 aromatic rings. The van der Waals surface area contributed by atoms with Gasteiger partial charge in [-0.05, 0) is 18.4 Å². The molecule has 6 nitrogen and oxygen atoms in total. The van der Waals surface area contributed by atoms with Crippen molar-refractivity contribution in [3.05, 3.63) is 54.1 Å². The molecule has 1 fully saturated rings. The summed E-state index contributed by atoms with van der Waals surface area (Å²) in [6.07, 6.45) is 6.01. The van der Waals surface area contributed by atoms with Gasteiger partial charge in [-0.2, -0.15) is 0 Å². The molecule has 0 saturated carbocycles. The second-order valence-corrected chi connectivity index (χ2v) is 6.78. The molecule has 3 rings (SSSR count). The summed E-state index contributed by atoms with van der Waals surface area (Å²) in [5, 5.41) is 3.07. The van der Waals surface area contributed by atoms with E-state index in [1.807, 2.05) is 24.4 Å². The summed E-state index contributed by atoms with van der Waals surface area (Å²) in [5.74, 6) is 0.895. The number of imidazole rings is 1. The van der Waals surface area contributed by atoms with Crippen molar-refractivity contribution in [2.24, 2.45) is 0 Å². The normalized spacial score (nSPS) is 22.9. The van der Waals surface area contributed by atoms with Crippen molar-refractivity contribution in [1.82, 2.24) is 14.9 Å². The van der Waals surface area contributed by atoms with E-state index in [0.717, 1.165) is 31.6 Å². The van der Waals surface area contributed by atoms with Gasteiger partial charge in [0.2, 0.25) is 5.91 Å². The second-order valence-electron chi connectivity index (χ2n) is 6.78. The molecule has 1 aromatic heterocycles. The van der Waals surface area contributed by atoms with Crippen molar-refractivity contribution in [2.45, 2.75) is 51.0 Å². The van der Waals surface area contributed by atoms with E-state index in [-0.39, 0.29) is 24.2 Å². The second kappa shape index (κ2) is 8.96. The number of carbonyl (C=O) groups is 1. The van der Waals surface area contributed by atoms with Crippen LogP contribution in [0.1, 0.15) is 37.3 Å². The lowest BCUT2D eigenvalue weighted by molar-refractivity contribution is -0.122. The van der Waals surface area contributed by atoms with Gasteiger partial charge in [-0.25, -0.2) is 4.98 Å². The minimum atomic E-state index is -0.138. The highest BCUT2D eigenvalue weighted by Gasteiger charge is 2.33. The van der Waals surface area contributed by atoms with E-state index in [1.54, 1.807) is 20.2 Å². The van der Waals surface area contributed by atoms with Gasteiger partial charge in [-0.15, -0.1) is 0 Å². The third kappa shape index (κ3) is 4.93. The van der Waals surface area contributed by atoms with E-state index in [0.29, 0.717) is 6.61 Å². The van der Waals surface area contributed by atoms with E-state index in [4.69, 9.17) is 9.47 Å². The number of aromatic nitrogens is 2. The lowest BCUT2D eigenvalue weighted by Gasteiger charge is -2.35. The Kier molecular flexibility index (Phi) is 6.41. The number of hydrogen-bond acceptors (Lipinski definition) is 4. The van der Waals surface area contributed by atoms with Crippen LogP contribution < -0.4 is 5.32 Å². The predicted octanol–water partition coefficient (Wildman–Crippen LogP) is 2.50. The van der Waals surface area contributed by atoms with Crippen LogP contribution in [-0.4, -0.2) is 41.3 Å². The zero-order valence-electron chi connectivity index (χ0n) is 15.4. The first-order valence-electron chi connectivity index (χ1n) is 9.12. The van der Waals surface area contributed by atoms with Gasteiger partial charge in [0.1, 0.15) is 11.9 Å². The fourth-order valence-electron chi connectivity index (χ4n) is 3.58. The van der Waals surface area contributed by atoms with Crippen molar-refractivity contribution in [3.63, 3.8) is 0 Å². The lowest BCUT2D eigenvalue weighted by Crippen LogP contribution is -2.43. The van der Waals surface area contributed by atoms with Crippen LogP contribution >= 0.6 is 0 Å². The van der Waals surface area contributed by atoms with E-state index < -0.39 is 0 Å². The number of nitrogens with one attached hydrogen (secondary N) is 1. The number of hydrogen-bond donors (Lipinski definition) is 1. The summed E-state index contributed by atoms with van der Waals surface area (Å²) in [6, 6.07) is 10.4. The van der Waals surface area contributed by atoms with Crippen molar-refractivity contribution in [2.75, 3.05) is 13.7 Å². The Morgan fingerprint density at radius 2 is 2.15 bits per heavy atom. The highest BCUT2D eigenvalue weighted by atomic mass is 16.5. The Morgan fingerprint density at radius 1 is 1.35 bits per heavy atom. The molecule has 3 atom stereocenters. The molecule has 1 N–H and O–H groups in total. The summed E-state index contributed by atoms with van der Waals surface area (Å²) < 4.78 is 13.6. The molecule has 1 aliphatic heterocycles. The zero-order chi connectivity index (χ0) is 18.4. The van der Waals surface area contributed by atoms with Crippen LogP contribution in [-0.2, 0) is 27.2 Å². The van der Waals surface area contributed by atoms with Crippen LogP contribution in [0, 0.1) is 0 Å². The van der Waals surface area contributed by atoms with Crippen LogP contribution in [0.5, 0.6) is 0 Å². The van der Waals surface area contributed by atoms with E-state index >= 15 is 0 Å². The summed E-state index contributed by atoms with van der Waals surface area (Å²) in [6.45, 7) is 2.93. The Bertz CT molecular complexity index is 701. The standard InChI is InChI=1S/C20H27N3O3/c1-15(24)22-17-13-18(12-16-6-4-3-5-7-16)26-19(14-17)20-21-8-9-23(20)10-11-25-2/h3-9,17-19H,10-14H2,1-2H3,(H,22,24)/t17-,18+,19+/m1/s1. The minimum Gasteiger partial charge on any atom is -0.383 e. The molecule has 0 spiro atoms. The lowest BCUT2D eigenvalue weighted by atomic mass is 9.94. The van der Waals surface area contributed by atoms with Gasteiger partial charge < -0.3 is 19.4 Å². The summed E-state index contributed by atoms with van der Waals surface area (Å²) in [5.41, 5.74) is 1.24. The average molecular weight is 357 g/mol. The molecule has 1 aliphatic rings. The molecule has 140 valence electrons. The third-order valence-electron chi connectivity index (χ3n) is 4.69. The van der Waals surface area contributed by atoms with Gasteiger partial charge in [-0.1, -0.05) is 30.3 Å². The molecule has 6 heteroatoms. The van der Waals surface area contributed by atoms with Crippen LogP contribution in [0.15, 0.2) is 42.7 Å². The molecule has 0 radical (unpaired) electrons. The maximum absolute atomic E-state index is 11.6. The van der Waals surface area contributed by atoms with Gasteiger partial charge >= 0.3 is 0 Å². The first kappa shape index (κ1) is 18.6. The highest BCUT2D eigenvalue weighted by molar-refractivity contribution is 5.73. The number of carbonyl (C=O) groups excluding carboxylic acids is 1. The van der Waals surface area contributed by atoms with Gasteiger partial charge in [0.15, 0.2) is 0 Å². The van der Waals surface area contributed by atoms with E-state index in [1.165, 1.54) is 5.56 Å². The predicted molar refractivity (Wildman–Crippen MR) is 98.7 cm³/mol. The van der Waals surface area contributed by atoms with Crippen molar-refractivity contribution in [3.8, 4) is 0 Å². The Labute approximate surface area is 154 Å². The number of nitrogens with zero attached hydrogens (tertiary/aromatic N) is 2. The fourth-order valence-corrected chi connectivity index (χ4v) is 3.58. The molecular formula is C20H27N3O3. The van der Waals surface area contributed by atoms with Crippen LogP contribution in [0.4, 0.5) is 0 Å². The zero-order valence-corrected chi connectivity index (χ0v) is 15.4. The molecule has 0 bridgehead atoms. The van der Waals surface area contributed by atoms with E-state index in [2.05, 4.69) is 27.0 Å². The summed E-state index contributed by atoms with van der Waals surface area (Å²) >= 11 is 0. The third-order valence-corrected chi connectivity index (χ3v) is 4.69. The largest absolute Gasteiger partial charge is 0.383 e. The number of amides is 1. The van der Waals surface area contributed by atoms with Crippen molar-refractivity contribution >= 4 is 5.91 Å². The van der Waals surface area contributed by atoms with Gasteiger partial charge in [0.05, 0.1) is 12.7 Å². The van der Waals surface area contributed by atoms with Crippen LogP contribution in [0.2, 0.25) is 0 Å². The van der Waals surface area contributed by atoms with Crippen LogP contribution in [0.25, 0.3) is 0 Å². The topological polar surface area (TPSA) is 65.4 Å². The number of rotatable bonds is 7. The quantitative estimate of drug-likeness (QED) is 0.827. The molecule has 2 heterocycles. The maximum atomic E-state index is 11.6. The molecule has 0 aliphatic carbocycles.